The average Bonchev–Trinajstić information content (AvgIpc) is 2.56. The van der Waals surface area contributed by atoms with E-state index in [1.165, 1.54) is 38.5 Å². The van der Waals surface area contributed by atoms with Gasteiger partial charge < -0.3 is 15.6 Å². The highest BCUT2D eigenvalue weighted by Crippen LogP contribution is 2.34. The van der Waals surface area contributed by atoms with Gasteiger partial charge in [0.05, 0.1) is 0 Å². The quantitative estimate of drug-likeness (QED) is 0.485. The molecule has 0 radical (unpaired) electrons. The Hall–Kier alpha value is -1.71. The van der Waals surface area contributed by atoms with Crippen molar-refractivity contribution < 1.29 is 14.6 Å². The van der Waals surface area contributed by atoms with Crippen molar-refractivity contribution >= 4 is 5.91 Å². The number of unbranched alkanes of at least 4 members (excludes halogenated alkanes) is 7. The summed E-state index contributed by atoms with van der Waals surface area (Å²) in [6, 6.07) is 5.00. The molecule has 1 aromatic rings. The van der Waals surface area contributed by atoms with Crippen molar-refractivity contribution in [2.45, 2.75) is 97.0 Å². The number of aromatic hydroxyl groups is 1. The number of carbonyl (C=O) groups excluding carboxylic acids is 1. The van der Waals surface area contributed by atoms with E-state index in [1.54, 1.807) is 18.2 Å². The number of hydrogen-bond donors (Lipinski definition) is 2. The first-order valence-electron chi connectivity index (χ1n) is 10.0. The van der Waals surface area contributed by atoms with Crippen LogP contribution in [0.4, 0.5) is 0 Å². The Labute approximate surface area is 159 Å². The molecule has 1 unspecified atom stereocenters. The van der Waals surface area contributed by atoms with E-state index in [2.05, 4.69) is 6.92 Å². The molecule has 148 valence electrons. The number of carbonyl (C=O) groups is 1. The molecule has 0 heterocycles. The van der Waals surface area contributed by atoms with Crippen LogP contribution in [0.2, 0.25) is 0 Å². The minimum absolute atomic E-state index is 0.195. The summed E-state index contributed by atoms with van der Waals surface area (Å²) >= 11 is 0. The molecule has 0 fully saturated rings. The Morgan fingerprint density at radius 1 is 1.08 bits per heavy atom. The number of benzene rings is 1. The summed E-state index contributed by atoms with van der Waals surface area (Å²) in [6.07, 6.45) is 9.70. The van der Waals surface area contributed by atoms with Gasteiger partial charge in [-0.15, -0.1) is 0 Å². The first-order chi connectivity index (χ1) is 12.3. The molecule has 0 aromatic heterocycles. The minimum Gasteiger partial charge on any atom is -0.508 e. The van der Waals surface area contributed by atoms with E-state index in [-0.39, 0.29) is 11.2 Å². The van der Waals surface area contributed by atoms with Crippen molar-refractivity contribution in [1.82, 2.24) is 0 Å². The fourth-order valence-corrected chi connectivity index (χ4v) is 3.08. The third-order valence-corrected chi connectivity index (χ3v) is 4.68. The monoisotopic (exact) mass is 363 g/mol. The lowest BCUT2D eigenvalue weighted by Gasteiger charge is -2.25. The molecule has 3 N–H and O–H groups in total. The molecule has 26 heavy (non-hydrogen) atoms. The topological polar surface area (TPSA) is 72.6 Å². The fraction of sp³-hybridized carbons (Fsp3) is 0.682. The van der Waals surface area contributed by atoms with Gasteiger partial charge in [0.2, 0.25) is 0 Å². The van der Waals surface area contributed by atoms with Gasteiger partial charge in [0.1, 0.15) is 11.5 Å². The molecule has 1 rings (SSSR count). The normalized spacial score (nSPS) is 12.8. The summed E-state index contributed by atoms with van der Waals surface area (Å²) in [4.78, 5) is 11.8. The Morgan fingerprint density at radius 2 is 1.65 bits per heavy atom. The number of phenols is 1. The zero-order valence-electron chi connectivity index (χ0n) is 17.0. The molecule has 0 saturated carbocycles. The summed E-state index contributed by atoms with van der Waals surface area (Å²) in [5, 5.41) is 9.77. The molecule has 0 spiro atoms. The summed E-state index contributed by atoms with van der Waals surface area (Å²) in [5.74, 6) is 0.389. The van der Waals surface area contributed by atoms with Crippen molar-refractivity contribution in [2.24, 2.45) is 5.73 Å². The molecule has 1 aromatic carbocycles. The third kappa shape index (κ3) is 8.11. The van der Waals surface area contributed by atoms with Crippen LogP contribution in [0.5, 0.6) is 11.5 Å². The lowest BCUT2D eigenvalue weighted by Crippen LogP contribution is -2.34. The number of amides is 1. The average molecular weight is 364 g/mol. The second-order valence-electron chi connectivity index (χ2n) is 8.20. The Balaban J connectivity index is 2.55. The second-order valence-corrected chi connectivity index (χ2v) is 8.20. The van der Waals surface area contributed by atoms with Crippen LogP contribution in [0.25, 0.3) is 0 Å². The molecule has 0 bridgehead atoms. The molecule has 4 nitrogen and oxygen atoms in total. The van der Waals surface area contributed by atoms with Gasteiger partial charge in [0.25, 0.3) is 5.91 Å². The van der Waals surface area contributed by atoms with Crippen LogP contribution >= 0.6 is 0 Å². The molecule has 0 aliphatic carbocycles. The number of phenolic OH excluding ortho intramolecular Hbond substituents is 1. The van der Waals surface area contributed by atoms with E-state index >= 15 is 0 Å². The maximum Gasteiger partial charge on any atom is 0.258 e. The highest BCUT2D eigenvalue weighted by atomic mass is 16.5. The number of hydrogen-bond acceptors (Lipinski definition) is 3. The second kappa shape index (κ2) is 11.1. The zero-order valence-corrected chi connectivity index (χ0v) is 17.0. The fourth-order valence-electron chi connectivity index (χ4n) is 3.08. The van der Waals surface area contributed by atoms with Gasteiger partial charge >= 0.3 is 0 Å². The lowest BCUT2D eigenvalue weighted by molar-refractivity contribution is -0.125. The van der Waals surface area contributed by atoms with Crippen LogP contribution in [-0.4, -0.2) is 17.1 Å². The van der Waals surface area contributed by atoms with Crippen molar-refractivity contribution in [3.05, 3.63) is 23.8 Å². The maximum atomic E-state index is 11.8. The van der Waals surface area contributed by atoms with Crippen LogP contribution in [-0.2, 0) is 10.2 Å². The Kier molecular flexibility index (Phi) is 9.53. The van der Waals surface area contributed by atoms with Crippen LogP contribution in [0.1, 0.15) is 91.0 Å². The van der Waals surface area contributed by atoms with Crippen molar-refractivity contribution in [1.29, 1.82) is 0 Å². The van der Waals surface area contributed by atoms with Gasteiger partial charge in [-0.1, -0.05) is 72.6 Å². The van der Waals surface area contributed by atoms with E-state index in [9.17, 15) is 9.90 Å². The van der Waals surface area contributed by atoms with Gasteiger partial charge in [-0.2, -0.15) is 0 Å². The first-order valence-corrected chi connectivity index (χ1v) is 10.0. The van der Waals surface area contributed by atoms with E-state index in [0.717, 1.165) is 18.4 Å². The molecule has 0 aliphatic heterocycles. The molecular formula is C22H37NO3. The first kappa shape index (κ1) is 22.3. The molecule has 0 aliphatic rings. The van der Waals surface area contributed by atoms with Gasteiger partial charge in [-0.05, 0) is 36.5 Å². The summed E-state index contributed by atoms with van der Waals surface area (Å²) in [5.41, 5.74) is 6.23. The third-order valence-electron chi connectivity index (χ3n) is 4.68. The standard InChI is InChI=1S/C22H37NO3/c1-5-6-7-8-9-10-11-12-13-20(21(23)25)26-19-15-14-17(24)16-18(19)22(2,3)4/h14-16,20,24H,5-13H2,1-4H3,(H2,23,25). The highest BCUT2D eigenvalue weighted by Gasteiger charge is 2.24. The van der Waals surface area contributed by atoms with E-state index in [1.807, 2.05) is 20.8 Å². The van der Waals surface area contributed by atoms with Crippen LogP contribution in [0.15, 0.2) is 18.2 Å². The minimum atomic E-state index is -0.624. The van der Waals surface area contributed by atoms with E-state index < -0.39 is 12.0 Å². The Morgan fingerprint density at radius 3 is 2.19 bits per heavy atom. The molecular weight excluding hydrogens is 326 g/mol. The highest BCUT2D eigenvalue weighted by molar-refractivity contribution is 5.79. The largest absolute Gasteiger partial charge is 0.508 e. The van der Waals surface area contributed by atoms with Crippen LogP contribution in [0.3, 0.4) is 0 Å². The number of rotatable bonds is 12. The van der Waals surface area contributed by atoms with Crippen LogP contribution in [0, 0.1) is 0 Å². The molecule has 1 amide bonds. The summed E-state index contributed by atoms with van der Waals surface area (Å²) in [6.45, 7) is 8.37. The molecule has 1 atom stereocenters. The number of nitrogens with two attached hydrogens (primary N) is 1. The molecule has 0 saturated heterocycles. The van der Waals surface area contributed by atoms with Crippen molar-refractivity contribution in [3.8, 4) is 11.5 Å². The predicted octanol–water partition coefficient (Wildman–Crippen LogP) is 5.45. The van der Waals surface area contributed by atoms with E-state index in [0.29, 0.717) is 12.2 Å². The smallest absolute Gasteiger partial charge is 0.258 e. The predicted molar refractivity (Wildman–Crippen MR) is 108 cm³/mol. The van der Waals surface area contributed by atoms with Crippen LogP contribution < -0.4 is 10.5 Å². The maximum absolute atomic E-state index is 11.8. The number of ether oxygens (including phenoxy) is 1. The lowest BCUT2D eigenvalue weighted by atomic mass is 9.86. The van der Waals surface area contributed by atoms with Gasteiger partial charge in [-0.3, -0.25) is 4.79 Å². The Bertz CT molecular complexity index is 549. The van der Waals surface area contributed by atoms with Crippen molar-refractivity contribution in [3.63, 3.8) is 0 Å². The van der Waals surface area contributed by atoms with Gasteiger partial charge in [0, 0.05) is 5.56 Å². The molecule has 4 heteroatoms. The van der Waals surface area contributed by atoms with E-state index in [4.69, 9.17) is 10.5 Å². The zero-order chi connectivity index (χ0) is 19.6. The summed E-state index contributed by atoms with van der Waals surface area (Å²) < 4.78 is 5.96. The van der Waals surface area contributed by atoms with Gasteiger partial charge in [0.15, 0.2) is 6.10 Å². The summed E-state index contributed by atoms with van der Waals surface area (Å²) in [7, 11) is 0. The van der Waals surface area contributed by atoms with Gasteiger partial charge in [-0.25, -0.2) is 0 Å². The SMILES string of the molecule is CCCCCCCCCCC(Oc1ccc(O)cc1C(C)(C)C)C(N)=O. The number of primary amides is 1. The van der Waals surface area contributed by atoms with Crippen molar-refractivity contribution in [2.75, 3.05) is 0 Å².